The molecule has 0 saturated carbocycles. The number of fused-ring (bicyclic) bond motifs is 1. The molecule has 21 heavy (non-hydrogen) atoms. The van der Waals surface area contributed by atoms with E-state index in [1.54, 1.807) is 22.9 Å². The van der Waals surface area contributed by atoms with Crippen LogP contribution in [0.1, 0.15) is 16.1 Å². The van der Waals surface area contributed by atoms with E-state index in [9.17, 15) is 4.79 Å². The summed E-state index contributed by atoms with van der Waals surface area (Å²) in [7, 11) is 1.82. The molecule has 3 aromatic rings. The van der Waals surface area contributed by atoms with Gasteiger partial charge in [-0.3, -0.25) is 9.48 Å². The molecule has 0 atom stereocenters. The highest BCUT2D eigenvalue weighted by atomic mass is 16.1. The van der Waals surface area contributed by atoms with Crippen molar-refractivity contribution in [2.45, 2.75) is 0 Å². The Balaban J connectivity index is 1.96. The normalized spacial score (nSPS) is 10.3. The van der Waals surface area contributed by atoms with Crippen LogP contribution in [0, 0.1) is 12.3 Å². The molecular formula is C17H13N3O. The van der Waals surface area contributed by atoms with Gasteiger partial charge in [0.15, 0.2) is 5.69 Å². The number of aryl methyl sites for hydroxylation is 1. The van der Waals surface area contributed by atoms with Gasteiger partial charge in [0.25, 0.3) is 5.91 Å². The lowest BCUT2D eigenvalue weighted by molar-refractivity contribution is 0.102. The van der Waals surface area contributed by atoms with Crippen molar-refractivity contribution in [3.05, 3.63) is 59.8 Å². The second-order valence-corrected chi connectivity index (χ2v) is 4.67. The summed E-state index contributed by atoms with van der Waals surface area (Å²) in [6.45, 7) is 0. The standard InChI is InChI=1S/C17H13N3O/c1-3-12-7-6-8-13(11-12)18-17(21)16-14-9-4-5-10-15(14)20(2)19-16/h1,4-11H,2H3,(H,18,21). The first-order chi connectivity index (χ1) is 10.2. The number of amides is 1. The van der Waals surface area contributed by atoms with E-state index in [0.29, 0.717) is 11.4 Å². The number of anilines is 1. The molecule has 0 spiro atoms. The Morgan fingerprint density at radius 2 is 2.05 bits per heavy atom. The first-order valence-corrected chi connectivity index (χ1v) is 6.49. The molecule has 0 aliphatic heterocycles. The van der Waals surface area contributed by atoms with Crippen LogP contribution in [-0.2, 0) is 7.05 Å². The largest absolute Gasteiger partial charge is 0.321 e. The second kappa shape index (κ2) is 5.14. The van der Waals surface area contributed by atoms with E-state index in [1.165, 1.54) is 0 Å². The Labute approximate surface area is 122 Å². The van der Waals surface area contributed by atoms with Crippen molar-refractivity contribution in [2.24, 2.45) is 7.05 Å². The molecule has 4 nitrogen and oxygen atoms in total. The van der Waals surface area contributed by atoms with Crippen LogP contribution in [0.2, 0.25) is 0 Å². The molecule has 1 N–H and O–H groups in total. The van der Waals surface area contributed by atoms with Gasteiger partial charge < -0.3 is 5.32 Å². The minimum absolute atomic E-state index is 0.249. The average molecular weight is 275 g/mol. The van der Waals surface area contributed by atoms with Gasteiger partial charge in [-0.15, -0.1) is 6.42 Å². The van der Waals surface area contributed by atoms with Crippen LogP contribution in [-0.4, -0.2) is 15.7 Å². The third-order valence-electron chi connectivity index (χ3n) is 3.26. The number of rotatable bonds is 2. The number of nitrogens with zero attached hydrogens (tertiary/aromatic N) is 2. The molecule has 0 saturated heterocycles. The zero-order chi connectivity index (χ0) is 14.8. The van der Waals surface area contributed by atoms with Crippen molar-refractivity contribution >= 4 is 22.5 Å². The van der Waals surface area contributed by atoms with Gasteiger partial charge in [-0.1, -0.05) is 30.2 Å². The second-order valence-electron chi connectivity index (χ2n) is 4.67. The lowest BCUT2D eigenvalue weighted by Gasteiger charge is -2.03. The molecule has 102 valence electrons. The predicted octanol–water partition coefficient (Wildman–Crippen LogP) is 2.81. The van der Waals surface area contributed by atoms with E-state index >= 15 is 0 Å². The Morgan fingerprint density at radius 3 is 2.86 bits per heavy atom. The minimum Gasteiger partial charge on any atom is -0.321 e. The molecule has 0 fully saturated rings. The number of nitrogens with one attached hydrogen (secondary N) is 1. The number of para-hydroxylation sites is 1. The Kier molecular flexibility index (Phi) is 3.17. The minimum atomic E-state index is -0.249. The monoisotopic (exact) mass is 275 g/mol. The van der Waals surface area contributed by atoms with Gasteiger partial charge in [-0.05, 0) is 24.3 Å². The van der Waals surface area contributed by atoms with E-state index in [4.69, 9.17) is 6.42 Å². The zero-order valence-corrected chi connectivity index (χ0v) is 11.5. The highest BCUT2D eigenvalue weighted by Gasteiger charge is 2.15. The number of carbonyl (C=O) groups excluding carboxylic acids is 1. The van der Waals surface area contributed by atoms with Crippen LogP contribution in [0.4, 0.5) is 5.69 Å². The third kappa shape index (κ3) is 2.37. The van der Waals surface area contributed by atoms with Crippen LogP contribution >= 0.6 is 0 Å². The molecule has 0 unspecified atom stereocenters. The summed E-state index contributed by atoms with van der Waals surface area (Å²) in [5.41, 5.74) is 2.70. The predicted molar refractivity (Wildman–Crippen MR) is 83.0 cm³/mol. The molecule has 0 aliphatic rings. The number of benzene rings is 2. The zero-order valence-electron chi connectivity index (χ0n) is 11.5. The van der Waals surface area contributed by atoms with Gasteiger partial charge in [0.05, 0.1) is 5.52 Å². The Morgan fingerprint density at radius 1 is 1.24 bits per heavy atom. The highest BCUT2D eigenvalue weighted by molar-refractivity contribution is 6.11. The van der Waals surface area contributed by atoms with Gasteiger partial charge in [0.2, 0.25) is 0 Å². The summed E-state index contributed by atoms with van der Waals surface area (Å²) in [5, 5.41) is 7.95. The van der Waals surface area contributed by atoms with Crippen molar-refractivity contribution < 1.29 is 4.79 Å². The lowest BCUT2D eigenvalue weighted by atomic mass is 10.2. The van der Waals surface area contributed by atoms with Gasteiger partial charge in [-0.2, -0.15) is 5.10 Å². The number of hydrogen-bond donors (Lipinski definition) is 1. The summed E-state index contributed by atoms with van der Waals surface area (Å²) in [5.74, 6) is 2.29. The summed E-state index contributed by atoms with van der Waals surface area (Å²) in [6, 6.07) is 14.8. The van der Waals surface area contributed by atoms with E-state index in [2.05, 4.69) is 16.3 Å². The lowest BCUT2D eigenvalue weighted by Crippen LogP contribution is -2.13. The van der Waals surface area contributed by atoms with Gasteiger partial charge in [0, 0.05) is 23.7 Å². The van der Waals surface area contributed by atoms with Crippen molar-refractivity contribution in [2.75, 3.05) is 5.32 Å². The molecular weight excluding hydrogens is 262 g/mol. The molecule has 3 rings (SSSR count). The van der Waals surface area contributed by atoms with Crippen LogP contribution in [0.5, 0.6) is 0 Å². The fourth-order valence-corrected chi connectivity index (χ4v) is 2.26. The quantitative estimate of drug-likeness (QED) is 0.731. The topological polar surface area (TPSA) is 46.9 Å². The summed E-state index contributed by atoms with van der Waals surface area (Å²) in [6.07, 6.45) is 5.36. The molecule has 1 amide bonds. The maximum Gasteiger partial charge on any atom is 0.276 e. The summed E-state index contributed by atoms with van der Waals surface area (Å²) >= 11 is 0. The van der Waals surface area contributed by atoms with Crippen LogP contribution in [0.3, 0.4) is 0 Å². The summed E-state index contributed by atoms with van der Waals surface area (Å²) in [4.78, 5) is 12.4. The molecule has 0 radical (unpaired) electrons. The fraction of sp³-hybridized carbons (Fsp3) is 0.0588. The molecule has 4 heteroatoms. The Bertz CT molecular complexity index is 871. The van der Waals surface area contributed by atoms with Crippen LogP contribution in [0.15, 0.2) is 48.5 Å². The molecule has 2 aromatic carbocycles. The van der Waals surface area contributed by atoms with Crippen molar-refractivity contribution in [3.63, 3.8) is 0 Å². The number of hydrogen-bond acceptors (Lipinski definition) is 2. The maximum atomic E-state index is 12.4. The number of carbonyl (C=O) groups is 1. The summed E-state index contributed by atoms with van der Waals surface area (Å²) < 4.78 is 1.70. The van der Waals surface area contributed by atoms with Crippen molar-refractivity contribution in [1.82, 2.24) is 9.78 Å². The van der Waals surface area contributed by atoms with E-state index in [-0.39, 0.29) is 5.91 Å². The van der Waals surface area contributed by atoms with Crippen LogP contribution in [0.25, 0.3) is 10.9 Å². The highest BCUT2D eigenvalue weighted by Crippen LogP contribution is 2.19. The van der Waals surface area contributed by atoms with E-state index in [0.717, 1.165) is 16.5 Å². The first kappa shape index (κ1) is 12.9. The molecule has 1 aromatic heterocycles. The van der Waals surface area contributed by atoms with E-state index < -0.39 is 0 Å². The van der Waals surface area contributed by atoms with Gasteiger partial charge in [-0.25, -0.2) is 0 Å². The molecule has 1 heterocycles. The van der Waals surface area contributed by atoms with E-state index in [1.807, 2.05) is 37.4 Å². The molecule has 0 bridgehead atoms. The third-order valence-corrected chi connectivity index (χ3v) is 3.26. The van der Waals surface area contributed by atoms with Crippen LogP contribution < -0.4 is 5.32 Å². The SMILES string of the molecule is C#Cc1cccc(NC(=O)c2nn(C)c3ccccc23)c1. The van der Waals surface area contributed by atoms with Gasteiger partial charge in [0.1, 0.15) is 0 Å². The average Bonchev–Trinajstić information content (AvgIpc) is 2.85. The molecule has 0 aliphatic carbocycles. The fourth-order valence-electron chi connectivity index (χ4n) is 2.26. The van der Waals surface area contributed by atoms with Crippen molar-refractivity contribution in [1.29, 1.82) is 0 Å². The van der Waals surface area contributed by atoms with Crippen molar-refractivity contribution in [3.8, 4) is 12.3 Å². The van der Waals surface area contributed by atoms with Gasteiger partial charge >= 0.3 is 0 Å². The first-order valence-electron chi connectivity index (χ1n) is 6.49. The maximum absolute atomic E-state index is 12.4. The smallest absolute Gasteiger partial charge is 0.276 e. The number of terminal acetylenes is 1. The number of aromatic nitrogens is 2. The Hall–Kier alpha value is -3.06.